The van der Waals surface area contributed by atoms with E-state index < -0.39 is 31.1 Å². The van der Waals surface area contributed by atoms with E-state index in [1.807, 2.05) is 13.8 Å². The van der Waals surface area contributed by atoms with Gasteiger partial charge in [0.1, 0.15) is 13.2 Å². The number of carbonyl (C=O) groups excluding carboxylic acids is 4. The summed E-state index contributed by atoms with van der Waals surface area (Å²) in [4.78, 5) is 70.7. The van der Waals surface area contributed by atoms with Crippen LogP contribution < -0.4 is 15.4 Å². The molecule has 1 aliphatic heterocycles. The summed E-state index contributed by atoms with van der Waals surface area (Å²) in [7, 11) is 0. The number of carbonyl (C=O) groups is 5. The largest absolute Gasteiger partial charge is 0.480 e. The second-order valence-corrected chi connectivity index (χ2v) is 14.9. The van der Waals surface area contributed by atoms with Crippen LogP contribution in [0.4, 0.5) is 5.82 Å². The molecule has 1 aromatic rings. The number of aromatic nitrogens is 1. The number of amidine groups is 1. The van der Waals surface area contributed by atoms with Crippen molar-refractivity contribution in [3.63, 3.8) is 0 Å². The summed E-state index contributed by atoms with van der Waals surface area (Å²) in [5.41, 5.74) is 1.81. The molecule has 2 heterocycles. The van der Waals surface area contributed by atoms with E-state index in [0.29, 0.717) is 34.4 Å². The summed E-state index contributed by atoms with van der Waals surface area (Å²) in [6, 6.07) is 0. The van der Waals surface area contributed by atoms with Gasteiger partial charge in [0, 0.05) is 23.8 Å². The number of nitrogens with zero attached hydrogens (tertiary/aromatic N) is 1. The van der Waals surface area contributed by atoms with Crippen LogP contribution >= 0.6 is 0 Å². The second kappa shape index (κ2) is 16.2. The molecule has 4 unspecified atom stereocenters. The molecule has 1 aromatic heterocycles. The van der Waals surface area contributed by atoms with Gasteiger partial charge in [-0.2, -0.15) is 0 Å². The lowest BCUT2D eigenvalue weighted by Gasteiger charge is -2.36. The number of hydrogen-bond acceptors (Lipinski definition) is 9. The Morgan fingerprint density at radius 1 is 0.820 bits per heavy atom. The van der Waals surface area contributed by atoms with Crippen LogP contribution in [0.2, 0.25) is 0 Å². The van der Waals surface area contributed by atoms with Crippen LogP contribution in [-0.2, 0) is 33.4 Å². The molecule has 0 saturated heterocycles. The molecule has 0 aromatic carbocycles. The Balaban J connectivity index is 1.68. The number of aliphatic carboxylic acids is 1. The molecule has 0 radical (unpaired) electrons. The number of anilines is 1. The number of aromatic amines is 1. The lowest BCUT2D eigenvalue weighted by Crippen LogP contribution is -2.38. The molecule has 4 N–H and O–H groups in total. The molecule has 4 atom stereocenters. The predicted molar refractivity (Wildman–Crippen MR) is 187 cm³/mol. The van der Waals surface area contributed by atoms with Gasteiger partial charge in [-0.05, 0) is 81.1 Å². The molecule has 13 nitrogen and oxygen atoms in total. The van der Waals surface area contributed by atoms with Crippen molar-refractivity contribution in [1.29, 1.82) is 0 Å². The Morgan fingerprint density at radius 2 is 1.34 bits per heavy atom. The molecule has 0 spiro atoms. The van der Waals surface area contributed by atoms with Crippen LogP contribution in [-0.4, -0.2) is 58.9 Å². The van der Waals surface area contributed by atoms with E-state index in [9.17, 15) is 24.0 Å². The van der Waals surface area contributed by atoms with Gasteiger partial charge >= 0.3 is 17.9 Å². The molecule has 0 bridgehead atoms. The van der Waals surface area contributed by atoms with Gasteiger partial charge in [-0.15, -0.1) is 0 Å². The molecule has 2 aliphatic carbocycles. The van der Waals surface area contributed by atoms with Gasteiger partial charge in [0.2, 0.25) is 5.91 Å². The van der Waals surface area contributed by atoms with Crippen molar-refractivity contribution in [1.82, 2.24) is 10.3 Å². The maximum atomic E-state index is 13.6. The molecule has 2 amide bonds. The predicted octanol–water partition coefficient (Wildman–Crippen LogP) is 5.61. The minimum Gasteiger partial charge on any atom is -0.480 e. The van der Waals surface area contributed by atoms with Crippen molar-refractivity contribution in [2.75, 3.05) is 18.5 Å². The zero-order valence-corrected chi connectivity index (χ0v) is 30.6. The molecule has 50 heavy (non-hydrogen) atoms. The van der Waals surface area contributed by atoms with Crippen LogP contribution in [0.15, 0.2) is 22.0 Å². The van der Waals surface area contributed by atoms with Gasteiger partial charge in [-0.1, -0.05) is 41.5 Å². The summed E-state index contributed by atoms with van der Waals surface area (Å²) in [6.07, 6.45) is 5.27. The van der Waals surface area contributed by atoms with Crippen LogP contribution in [0.5, 0.6) is 5.75 Å². The Labute approximate surface area is 293 Å². The molecule has 2 saturated carbocycles. The monoisotopic (exact) mass is 696 g/mol. The zero-order valence-electron chi connectivity index (χ0n) is 30.6. The third-order valence-corrected chi connectivity index (χ3v) is 10.2. The summed E-state index contributed by atoms with van der Waals surface area (Å²) in [5.74, 6) is -1.77. The Kier molecular flexibility index (Phi) is 12.5. The fraction of sp³-hybridized carbons (Fsp3) is 0.622. The van der Waals surface area contributed by atoms with E-state index in [2.05, 4.69) is 48.3 Å². The fourth-order valence-electron chi connectivity index (χ4n) is 8.27. The van der Waals surface area contributed by atoms with Crippen LogP contribution in [0.25, 0.3) is 6.08 Å². The number of aliphatic imine (C=N–C) groups is 1. The summed E-state index contributed by atoms with van der Waals surface area (Å²) >= 11 is 0. The summed E-state index contributed by atoms with van der Waals surface area (Å²) in [6.45, 7) is 16.2. The van der Waals surface area contributed by atoms with E-state index in [1.165, 1.54) is 6.92 Å². The Bertz CT molecular complexity index is 1580. The van der Waals surface area contributed by atoms with Gasteiger partial charge in [0.25, 0.3) is 5.91 Å². The van der Waals surface area contributed by atoms with E-state index in [-0.39, 0.29) is 70.5 Å². The van der Waals surface area contributed by atoms with Gasteiger partial charge < -0.3 is 34.9 Å². The van der Waals surface area contributed by atoms with Crippen LogP contribution in [0, 0.1) is 54.3 Å². The number of hydrogen-bond donors (Lipinski definition) is 4. The Hall–Kier alpha value is -4.26. The quantitative estimate of drug-likeness (QED) is 0.226. The van der Waals surface area contributed by atoms with Crippen molar-refractivity contribution in [2.24, 2.45) is 52.3 Å². The maximum Gasteiger partial charge on any atom is 0.329 e. The van der Waals surface area contributed by atoms with Crippen molar-refractivity contribution in [2.45, 2.75) is 88.0 Å². The van der Waals surface area contributed by atoms with E-state index in [1.54, 1.807) is 19.9 Å². The number of rotatable bonds is 10. The van der Waals surface area contributed by atoms with Gasteiger partial charge in [0.05, 0.1) is 17.5 Å². The number of nitrogens with one attached hydrogen (secondary N) is 3. The minimum atomic E-state index is -1.22. The van der Waals surface area contributed by atoms with Gasteiger partial charge in [-0.3, -0.25) is 19.2 Å². The minimum absolute atomic E-state index is 0.0250. The lowest BCUT2D eigenvalue weighted by atomic mass is 9.69. The first kappa shape index (κ1) is 38.5. The van der Waals surface area contributed by atoms with Crippen LogP contribution in [0.3, 0.4) is 0 Å². The first-order chi connectivity index (χ1) is 23.5. The molecule has 13 heteroatoms. The molecule has 2 fully saturated rings. The number of esters is 2. The number of allylic oxidation sites excluding steroid dienone is 1. The molecule has 4 rings (SSSR count). The molecular formula is C37H52N4O9. The number of H-pyrrole nitrogens is 1. The fourth-order valence-corrected chi connectivity index (χ4v) is 8.27. The normalized spacial score (nSPS) is 29.0. The topological polar surface area (TPSA) is 185 Å². The summed E-state index contributed by atoms with van der Waals surface area (Å²) < 4.78 is 17.0. The van der Waals surface area contributed by atoms with E-state index in [0.717, 1.165) is 25.7 Å². The van der Waals surface area contributed by atoms with Crippen molar-refractivity contribution in [3.05, 3.63) is 28.3 Å². The SMILES string of the molecule is CC(=O)Nc1[nH]c(/C=C2\N=C(NC(=O)COCC(=O)O)C(OC(=O)C3C(C)CC(C)CC3C)=C2C)c(C)c1OC(=O)C1C(C)CC(C)CC1C. The van der Waals surface area contributed by atoms with E-state index in [4.69, 9.17) is 19.3 Å². The average molecular weight is 697 g/mol. The molecule has 3 aliphatic rings. The first-order valence-electron chi connectivity index (χ1n) is 17.5. The average Bonchev–Trinajstić information content (AvgIpc) is 3.41. The standard InChI is InChI=1S/C37H52N4O9/c1-17-10-19(3)30(20(4)11-17)36(46)49-32-23(7)26(39-34(32)38-25(9)42)14-27-24(8)33(35(40-27)41-28(43)15-48-16-29(44)45)50-37(47)31-21(5)12-18(2)13-22(31)6/h14,17-22,30-31,39H,10-13,15-16H2,1-9H3,(H,38,42)(H,44,45)(H,40,41,43)/b27-14-. The van der Waals surface area contributed by atoms with E-state index >= 15 is 0 Å². The van der Waals surface area contributed by atoms with Crippen molar-refractivity contribution < 1.29 is 43.3 Å². The highest BCUT2D eigenvalue weighted by atomic mass is 16.5. The van der Waals surface area contributed by atoms with Gasteiger partial charge in [-0.25, -0.2) is 9.79 Å². The third-order valence-electron chi connectivity index (χ3n) is 10.2. The molecule has 274 valence electrons. The lowest BCUT2D eigenvalue weighted by molar-refractivity contribution is -0.149. The van der Waals surface area contributed by atoms with Crippen LogP contribution in [0.1, 0.15) is 92.3 Å². The molecular weight excluding hydrogens is 644 g/mol. The highest BCUT2D eigenvalue weighted by molar-refractivity contribution is 6.11. The van der Waals surface area contributed by atoms with Crippen molar-refractivity contribution in [3.8, 4) is 5.75 Å². The maximum absolute atomic E-state index is 13.6. The highest BCUT2D eigenvalue weighted by Crippen LogP contribution is 2.42. The smallest absolute Gasteiger partial charge is 0.329 e. The zero-order chi connectivity index (χ0) is 37.0. The number of carboxylic acids is 1. The Morgan fingerprint density at radius 3 is 1.84 bits per heavy atom. The highest BCUT2D eigenvalue weighted by Gasteiger charge is 2.40. The van der Waals surface area contributed by atoms with Crippen molar-refractivity contribution >= 4 is 47.5 Å². The van der Waals surface area contributed by atoms with Gasteiger partial charge in [0.15, 0.2) is 23.2 Å². The summed E-state index contributed by atoms with van der Waals surface area (Å²) in [5, 5.41) is 14.2. The third kappa shape index (κ3) is 9.09. The number of amides is 2. The first-order valence-corrected chi connectivity index (χ1v) is 17.5. The number of ether oxygens (including phenoxy) is 3. The number of carboxylic acid groups (broad SMARTS) is 1. The second-order valence-electron chi connectivity index (χ2n) is 14.9.